The van der Waals surface area contributed by atoms with E-state index in [0.29, 0.717) is 36.4 Å². The molecule has 9 heteroatoms. The Balaban J connectivity index is 1.10. The summed E-state index contributed by atoms with van der Waals surface area (Å²) in [6, 6.07) is 14.9. The Labute approximate surface area is 226 Å². The zero-order valence-electron chi connectivity index (χ0n) is 21.4. The summed E-state index contributed by atoms with van der Waals surface area (Å²) in [4.78, 5) is 31.8. The molecule has 2 bridgehead atoms. The van der Waals surface area contributed by atoms with Gasteiger partial charge in [-0.3, -0.25) is 24.3 Å². The lowest BCUT2D eigenvalue weighted by atomic mass is 9.83. The number of aromatic nitrogens is 1. The fourth-order valence-electron chi connectivity index (χ4n) is 6.29. The number of halogens is 1. The van der Waals surface area contributed by atoms with Gasteiger partial charge in [-0.15, -0.1) is 0 Å². The van der Waals surface area contributed by atoms with E-state index in [1.54, 1.807) is 6.07 Å². The van der Waals surface area contributed by atoms with Gasteiger partial charge in [-0.25, -0.2) is 0 Å². The summed E-state index contributed by atoms with van der Waals surface area (Å²) in [5, 5.41) is 11.3. The first kappa shape index (κ1) is 25.4. The Morgan fingerprint density at radius 2 is 1.63 bits per heavy atom. The summed E-state index contributed by atoms with van der Waals surface area (Å²) in [7, 11) is 0. The van der Waals surface area contributed by atoms with Gasteiger partial charge in [0, 0.05) is 81.1 Å². The van der Waals surface area contributed by atoms with Gasteiger partial charge >= 0.3 is 0 Å². The van der Waals surface area contributed by atoms with Crippen molar-refractivity contribution in [3.8, 4) is 5.75 Å². The number of nitrogens with zero attached hydrogens (tertiary/aromatic N) is 4. The maximum atomic E-state index is 12.6. The van der Waals surface area contributed by atoms with Gasteiger partial charge in [0.25, 0.3) is 5.56 Å². The highest BCUT2D eigenvalue weighted by Gasteiger charge is 2.34. The highest BCUT2D eigenvalue weighted by Crippen LogP contribution is 2.35. The molecule has 0 spiro atoms. The average molecular weight is 537 g/mol. The molecule has 38 heavy (non-hydrogen) atoms. The van der Waals surface area contributed by atoms with Crippen LogP contribution < -0.4 is 11.0 Å². The van der Waals surface area contributed by atoms with Crippen molar-refractivity contribution in [1.29, 1.82) is 0 Å². The van der Waals surface area contributed by atoms with Gasteiger partial charge in [0.2, 0.25) is 11.2 Å². The third kappa shape index (κ3) is 5.31. The van der Waals surface area contributed by atoms with Gasteiger partial charge in [0.05, 0.1) is 13.1 Å². The molecule has 3 aromatic rings. The Morgan fingerprint density at radius 3 is 2.42 bits per heavy atom. The summed E-state index contributed by atoms with van der Waals surface area (Å²) in [6.45, 7) is 7.48. The van der Waals surface area contributed by atoms with Crippen molar-refractivity contribution in [2.45, 2.75) is 38.5 Å². The lowest BCUT2D eigenvalue weighted by molar-refractivity contribution is 0.100. The van der Waals surface area contributed by atoms with Crippen LogP contribution in [0.4, 0.5) is 0 Å². The van der Waals surface area contributed by atoms with E-state index in [-0.39, 0.29) is 11.3 Å². The number of aromatic hydroxyl groups is 1. The Morgan fingerprint density at radius 1 is 0.868 bits per heavy atom. The van der Waals surface area contributed by atoms with Crippen LogP contribution in [0.25, 0.3) is 0 Å². The molecule has 2 aromatic heterocycles. The third-order valence-corrected chi connectivity index (χ3v) is 8.53. The molecule has 8 nitrogen and oxygen atoms in total. The molecule has 1 N–H and O–H groups in total. The third-order valence-electron chi connectivity index (χ3n) is 8.16. The first-order chi connectivity index (χ1) is 18.4. The van der Waals surface area contributed by atoms with Gasteiger partial charge < -0.3 is 14.1 Å². The van der Waals surface area contributed by atoms with E-state index < -0.39 is 5.43 Å². The van der Waals surface area contributed by atoms with Crippen LogP contribution in [0.15, 0.2) is 62.5 Å². The lowest BCUT2D eigenvalue weighted by Crippen LogP contribution is -2.46. The van der Waals surface area contributed by atoms with Crippen molar-refractivity contribution in [3.63, 3.8) is 0 Å². The zero-order valence-corrected chi connectivity index (χ0v) is 22.1. The highest BCUT2D eigenvalue weighted by atomic mass is 35.5. The molecule has 0 aliphatic carbocycles. The van der Waals surface area contributed by atoms with Crippen LogP contribution in [0.5, 0.6) is 5.75 Å². The van der Waals surface area contributed by atoms with Crippen molar-refractivity contribution < 1.29 is 9.52 Å². The number of hydrogen-bond donors (Lipinski definition) is 1. The number of pyridine rings is 1. The number of piperazine rings is 1. The summed E-state index contributed by atoms with van der Waals surface area (Å²) < 4.78 is 8.04. The van der Waals surface area contributed by atoms with E-state index >= 15 is 0 Å². The Bertz CT molecular complexity index is 1430. The van der Waals surface area contributed by atoms with E-state index in [9.17, 15) is 14.7 Å². The fourth-order valence-corrected chi connectivity index (χ4v) is 6.49. The first-order valence-electron chi connectivity index (χ1n) is 13.4. The molecule has 0 amide bonds. The second-order valence-corrected chi connectivity index (χ2v) is 11.3. The van der Waals surface area contributed by atoms with Crippen LogP contribution in [0.3, 0.4) is 0 Å². The van der Waals surface area contributed by atoms with E-state index in [1.165, 1.54) is 6.07 Å². The summed E-state index contributed by atoms with van der Waals surface area (Å²) in [5.74, 6) is 1.30. The predicted molar refractivity (Wildman–Crippen MR) is 145 cm³/mol. The van der Waals surface area contributed by atoms with E-state index in [1.807, 2.05) is 28.8 Å². The molecule has 2 atom stereocenters. The second-order valence-electron chi connectivity index (χ2n) is 10.9. The van der Waals surface area contributed by atoms with E-state index in [2.05, 4.69) is 26.8 Å². The summed E-state index contributed by atoms with van der Waals surface area (Å²) in [5.41, 5.74) is 1.90. The van der Waals surface area contributed by atoms with Crippen molar-refractivity contribution in [3.05, 3.63) is 96.9 Å². The van der Waals surface area contributed by atoms with Crippen LogP contribution in [0.2, 0.25) is 5.02 Å². The predicted octanol–water partition coefficient (Wildman–Crippen LogP) is 3.10. The molecular weight excluding hydrogens is 504 g/mol. The quantitative estimate of drug-likeness (QED) is 0.518. The average Bonchev–Trinajstić information content (AvgIpc) is 2.90. The van der Waals surface area contributed by atoms with E-state index in [4.69, 9.17) is 16.0 Å². The molecule has 1 aromatic carbocycles. The van der Waals surface area contributed by atoms with Gasteiger partial charge in [0.15, 0.2) is 5.76 Å². The maximum Gasteiger partial charge on any atom is 0.250 e. The van der Waals surface area contributed by atoms with Crippen molar-refractivity contribution in [1.82, 2.24) is 19.3 Å². The van der Waals surface area contributed by atoms with Crippen LogP contribution in [-0.4, -0.2) is 63.6 Å². The van der Waals surface area contributed by atoms with Crippen LogP contribution in [-0.2, 0) is 26.2 Å². The molecule has 5 heterocycles. The number of piperidine rings is 1. The minimum Gasteiger partial charge on any atom is -0.502 e. The van der Waals surface area contributed by atoms with Crippen LogP contribution >= 0.6 is 11.6 Å². The molecule has 0 unspecified atom stereocenters. The number of likely N-dealkylation sites (tertiary alicyclic amines) is 1. The number of benzene rings is 1. The SMILES string of the molecule is O=c1cc(CN2C[C@@H]3C[C@H](C2)c2cccc(=O)n2C3)oc(CN2CCN(Cc3ccccc3Cl)CC2)c1O. The molecule has 3 aliphatic rings. The minimum atomic E-state index is -0.396. The minimum absolute atomic E-state index is 0.0736. The topological polar surface area (TPSA) is 82.2 Å². The van der Waals surface area contributed by atoms with Crippen molar-refractivity contribution >= 4 is 11.6 Å². The lowest BCUT2D eigenvalue weighted by Gasteiger charge is -2.42. The zero-order chi connectivity index (χ0) is 26.2. The molecule has 6 rings (SSSR count). The maximum absolute atomic E-state index is 12.6. The molecule has 2 fully saturated rings. The normalized spacial score (nSPS) is 22.3. The molecule has 0 radical (unpaired) electrons. The second kappa shape index (κ2) is 10.7. The smallest absolute Gasteiger partial charge is 0.250 e. The number of hydrogen-bond acceptors (Lipinski definition) is 7. The first-order valence-corrected chi connectivity index (χ1v) is 13.8. The summed E-state index contributed by atoms with van der Waals surface area (Å²) in [6.07, 6.45) is 1.08. The molecular formula is C29H33ClN4O4. The standard InChI is InChI=1S/C29H33ClN4O4/c30-24-5-2-1-4-21(24)16-31-8-10-32(11-9-31)19-27-29(37)26(35)13-23(38-27)18-33-14-20-12-22(17-33)25-6-3-7-28(36)34(25)15-20/h1-7,13,20,22,37H,8-12,14-19H2/t20-,22+/m0/s1. The number of fused-ring (bicyclic) bond motifs is 4. The molecule has 200 valence electrons. The Kier molecular flexibility index (Phi) is 7.14. The molecule has 2 saturated heterocycles. The van der Waals surface area contributed by atoms with E-state index in [0.717, 1.165) is 75.1 Å². The van der Waals surface area contributed by atoms with Crippen LogP contribution in [0, 0.1) is 5.92 Å². The van der Waals surface area contributed by atoms with Gasteiger partial charge in [-0.05, 0) is 30.0 Å². The molecule has 3 aliphatic heterocycles. The Hall–Kier alpha value is -2.91. The van der Waals surface area contributed by atoms with Gasteiger partial charge in [-0.2, -0.15) is 0 Å². The monoisotopic (exact) mass is 536 g/mol. The largest absolute Gasteiger partial charge is 0.502 e. The van der Waals surface area contributed by atoms with Gasteiger partial charge in [-0.1, -0.05) is 35.9 Å². The summed E-state index contributed by atoms with van der Waals surface area (Å²) >= 11 is 6.33. The highest BCUT2D eigenvalue weighted by molar-refractivity contribution is 6.31. The molecule has 0 saturated carbocycles. The number of rotatable bonds is 6. The van der Waals surface area contributed by atoms with Crippen LogP contribution in [0.1, 0.15) is 35.1 Å². The van der Waals surface area contributed by atoms with Crippen molar-refractivity contribution in [2.24, 2.45) is 5.92 Å². The fraction of sp³-hybridized carbons (Fsp3) is 0.448. The van der Waals surface area contributed by atoms with Crippen molar-refractivity contribution in [2.75, 3.05) is 39.3 Å². The van der Waals surface area contributed by atoms with Gasteiger partial charge in [0.1, 0.15) is 5.76 Å².